The maximum absolute atomic E-state index is 9.22. The van der Waals surface area contributed by atoms with Gasteiger partial charge >= 0.3 is 0 Å². The predicted octanol–water partition coefficient (Wildman–Crippen LogP) is 7.86. The van der Waals surface area contributed by atoms with Gasteiger partial charge in [-0.3, -0.25) is 0 Å². The predicted molar refractivity (Wildman–Crippen MR) is 133 cm³/mol. The van der Waals surface area contributed by atoms with Gasteiger partial charge in [0, 0.05) is 0 Å². The van der Waals surface area contributed by atoms with Gasteiger partial charge in [0.25, 0.3) is 0 Å². The van der Waals surface area contributed by atoms with E-state index in [2.05, 4.69) is 13.8 Å². The SMILES string of the molecule is CCCCCCCCCCCCCCCCCCCCCCC(CC)C(N)C(O)O. The fourth-order valence-corrected chi connectivity index (χ4v) is 4.57. The van der Waals surface area contributed by atoms with Crippen LogP contribution < -0.4 is 5.73 Å². The summed E-state index contributed by atoms with van der Waals surface area (Å²) in [7, 11) is 0. The normalized spacial score (nSPS) is 13.8. The number of rotatable bonds is 24. The number of aliphatic hydroxyl groups excluding tert-OH is 1. The first-order valence-electron chi connectivity index (χ1n) is 13.7. The number of hydrogen-bond donors (Lipinski definition) is 3. The Labute approximate surface area is 189 Å². The van der Waals surface area contributed by atoms with E-state index in [4.69, 9.17) is 5.73 Å². The zero-order valence-electron chi connectivity index (χ0n) is 20.8. The van der Waals surface area contributed by atoms with E-state index in [0.29, 0.717) is 0 Å². The van der Waals surface area contributed by atoms with Gasteiger partial charge in [0.05, 0.1) is 6.04 Å². The molecular formula is C27H57NO2. The molecule has 0 radical (unpaired) electrons. The van der Waals surface area contributed by atoms with Crippen molar-refractivity contribution in [2.75, 3.05) is 0 Å². The summed E-state index contributed by atoms with van der Waals surface area (Å²) in [5.41, 5.74) is 5.86. The maximum Gasteiger partial charge on any atom is 0.167 e. The van der Waals surface area contributed by atoms with E-state index in [1.807, 2.05) is 0 Å². The Hall–Kier alpha value is -0.120. The highest BCUT2D eigenvalue weighted by Crippen LogP contribution is 2.19. The van der Waals surface area contributed by atoms with Gasteiger partial charge in [-0.25, -0.2) is 0 Å². The lowest BCUT2D eigenvalue weighted by molar-refractivity contribution is -0.0721. The molecule has 0 saturated heterocycles. The maximum atomic E-state index is 9.22. The molecule has 0 aromatic carbocycles. The molecule has 0 aliphatic rings. The van der Waals surface area contributed by atoms with Crippen molar-refractivity contribution in [1.82, 2.24) is 0 Å². The van der Waals surface area contributed by atoms with Crippen LogP contribution in [0.15, 0.2) is 0 Å². The van der Waals surface area contributed by atoms with Gasteiger partial charge in [0.15, 0.2) is 6.29 Å². The van der Waals surface area contributed by atoms with Crippen LogP contribution in [0.5, 0.6) is 0 Å². The van der Waals surface area contributed by atoms with Crippen LogP contribution in [0.1, 0.15) is 155 Å². The molecule has 0 aromatic rings. The van der Waals surface area contributed by atoms with Crippen molar-refractivity contribution >= 4 is 0 Å². The van der Waals surface area contributed by atoms with Crippen LogP contribution in [0.3, 0.4) is 0 Å². The van der Waals surface area contributed by atoms with Crippen LogP contribution >= 0.6 is 0 Å². The Morgan fingerprint density at radius 3 is 1.07 bits per heavy atom. The molecular weight excluding hydrogens is 370 g/mol. The summed E-state index contributed by atoms with van der Waals surface area (Å²) in [5.74, 6) is 0.237. The quantitative estimate of drug-likeness (QED) is 0.108. The third kappa shape index (κ3) is 19.8. The highest BCUT2D eigenvalue weighted by molar-refractivity contribution is 4.73. The number of nitrogens with two attached hydrogens (primary N) is 1. The average Bonchev–Trinajstić information content (AvgIpc) is 2.74. The standard InChI is InChI=1S/C27H57NO2/c1-3-5-6-7-8-9-10-11-12-13-14-15-16-17-18-19-20-21-22-23-24-25(4-2)26(28)27(29)30/h25-27,29-30H,3-24,28H2,1-2H3. The van der Waals surface area contributed by atoms with Gasteiger partial charge in [0.1, 0.15) is 0 Å². The third-order valence-corrected chi connectivity index (χ3v) is 6.84. The molecule has 0 amide bonds. The molecule has 4 N–H and O–H groups in total. The molecule has 0 heterocycles. The van der Waals surface area contributed by atoms with E-state index in [-0.39, 0.29) is 5.92 Å². The molecule has 0 spiro atoms. The summed E-state index contributed by atoms with van der Waals surface area (Å²) < 4.78 is 0. The second-order valence-electron chi connectivity index (χ2n) is 9.67. The van der Waals surface area contributed by atoms with Crippen molar-refractivity contribution < 1.29 is 10.2 Å². The fraction of sp³-hybridized carbons (Fsp3) is 1.00. The molecule has 0 fully saturated rings. The van der Waals surface area contributed by atoms with Gasteiger partial charge in [-0.2, -0.15) is 0 Å². The monoisotopic (exact) mass is 427 g/mol. The minimum absolute atomic E-state index is 0.237. The summed E-state index contributed by atoms with van der Waals surface area (Å²) >= 11 is 0. The van der Waals surface area contributed by atoms with E-state index < -0.39 is 12.3 Å². The van der Waals surface area contributed by atoms with Gasteiger partial charge in [-0.15, -0.1) is 0 Å². The molecule has 182 valence electrons. The summed E-state index contributed by atoms with van der Waals surface area (Å²) in [4.78, 5) is 0. The Morgan fingerprint density at radius 1 is 0.500 bits per heavy atom. The van der Waals surface area contributed by atoms with Crippen molar-refractivity contribution in [2.24, 2.45) is 11.7 Å². The average molecular weight is 428 g/mol. The van der Waals surface area contributed by atoms with Crippen molar-refractivity contribution in [3.8, 4) is 0 Å². The molecule has 0 saturated carbocycles. The number of hydrogen-bond acceptors (Lipinski definition) is 3. The number of aliphatic hydroxyl groups is 2. The van der Waals surface area contributed by atoms with Crippen LogP contribution in [0.4, 0.5) is 0 Å². The molecule has 0 rings (SSSR count). The fourth-order valence-electron chi connectivity index (χ4n) is 4.57. The summed E-state index contributed by atoms with van der Waals surface area (Å²) in [6.45, 7) is 4.38. The van der Waals surface area contributed by atoms with Crippen LogP contribution in [0, 0.1) is 5.92 Å². The van der Waals surface area contributed by atoms with Crippen LogP contribution in [0.2, 0.25) is 0 Å². The summed E-state index contributed by atoms with van der Waals surface area (Å²) in [5, 5.41) is 18.4. The smallest absolute Gasteiger partial charge is 0.167 e. The Bertz CT molecular complexity index is 322. The Balaban J connectivity index is 3.19. The molecule has 2 atom stereocenters. The first-order chi connectivity index (χ1) is 14.6. The third-order valence-electron chi connectivity index (χ3n) is 6.84. The Morgan fingerprint density at radius 2 is 0.800 bits per heavy atom. The van der Waals surface area contributed by atoms with E-state index in [9.17, 15) is 10.2 Å². The first kappa shape index (κ1) is 29.9. The van der Waals surface area contributed by atoms with Gasteiger partial charge in [-0.1, -0.05) is 149 Å². The minimum Gasteiger partial charge on any atom is -0.367 e. The summed E-state index contributed by atoms with van der Waals surface area (Å²) in [6.07, 6.45) is 28.6. The van der Waals surface area contributed by atoms with E-state index >= 15 is 0 Å². The van der Waals surface area contributed by atoms with Crippen LogP contribution in [0.25, 0.3) is 0 Å². The molecule has 30 heavy (non-hydrogen) atoms. The molecule has 0 aliphatic carbocycles. The van der Waals surface area contributed by atoms with Gasteiger partial charge < -0.3 is 15.9 Å². The van der Waals surface area contributed by atoms with Crippen molar-refractivity contribution in [2.45, 2.75) is 167 Å². The van der Waals surface area contributed by atoms with Crippen LogP contribution in [-0.4, -0.2) is 22.5 Å². The van der Waals surface area contributed by atoms with Crippen molar-refractivity contribution in [3.05, 3.63) is 0 Å². The Kier molecular flexibility index (Phi) is 23.4. The van der Waals surface area contributed by atoms with Crippen molar-refractivity contribution in [3.63, 3.8) is 0 Å². The second kappa shape index (κ2) is 23.5. The zero-order chi connectivity index (χ0) is 22.3. The van der Waals surface area contributed by atoms with E-state index in [1.54, 1.807) is 0 Å². The lowest BCUT2D eigenvalue weighted by atomic mass is 9.91. The van der Waals surface area contributed by atoms with Crippen molar-refractivity contribution in [1.29, 1.82) is 0 Å². The zero-order valence-corrected chi connectivity index (χ0v) is 20.8. The molecule has 0 aliphatic heterocycles. The largest absolute Gasteiger partial charge is 0.367 e. The minimum atomic E-state index is -1.37. The first-order valence-corrected chi connectivity index (χ1v) is 13.7. The highest BCUT2D eigenvalue weighted by atomic mass is 16.5. The lowest BCUT2D eigenvalue weighted by Gasteiger charge is -2.23. The molecule has 0 bridgehead atoms. The molecule has 3 heteroatoms. The van der Waals surface area contributed by atoms with E-state index in [1.165, 1.54) is 122 Å². The lowest BCUT2D eigenvalue weighted by Crippen LogP contribution is -2.41. The molecule has 2 unspecified atom stereocenters. The van der Waals surface area contributed by atoms with E-state index in [0.717, 1.165) is 19.3 Å². The molecule has 3 nitrogen and oxygen atoms in total. The topological polar surface area (TPSA) is 66.5 Å². The highest BCUT2D eigenvalue weighted by Gasteiger charge is 2.21. The van der Waals surface area contributed by atoms with Gasteiger partial charge in [0.2, 0.25) is 0 Å². The summed E-state index contributed by atoms with van der Waals surface area (Å²) in [6, 6.07) is -0.490. The number of unbranched alkanes of at least 4 members (excludes halogenated alkanes) is 19. The second-order valence-corrected chi connectivity index (χ2v) is 9.67. The van der Waals surface area contributed by atoms with Crippen LogP contribution in [-0.2, 0) is 0 Å². The molecule has 0 aromatic heterocycles. The van der Waals surface area contributed by atoms with Gasteiger partial charge in [-0.05, 0) is 12.3 Å².